The molecule has 0 aromatic carbocycles. The van der Waals surface area contributed by atoms with E-state index in [9.17, 15) is 9.59 Å². The third kappa shape index (κ3) is 1.14. The normalized spacial score (nSPS) is 45.6. The minimum Gasteiger partial charge on any atom is -0.299 e. The summed E-state index contributed by atoms with van der Waals surface area (Å²) < 4.78 is 0. The predicted octanol–water partition coefficient (Wildman–Crippen LogP) is 2.84. The zero-order valence-electron chi connectivity index (χ0n) is 10.5. The van der Waals surface area contributed by atoms with Gasteiger partial charge in [0.05, 0.1) is 5.92 Å². The molecule has 0 radical (unpaired) electrons. The van der Waals surface area contributed by atoms with E-state index in [1.165, 1.54) is 24.8 Å². The van der Waals surface area contributed by atoms with Crippen LogP contribution in [0.1, 0.15) is 38.5 Å². The number of hydrogen-bond donors (Lipinski definition) is 0. The molecule has 0 aromatic rings. The second-order valence-corrected chi connectivity index (χ2v) is 6.39. The van der Waals surface area contributed by atoms with Gasteiger partial charge >= 0.3 is 0 Å². The van der Waals surface area contributed by atoms with Gasteiger partial charge in [-0.1, -0.05) is 18.2 Å². The Kier molecular flexibility index (Phi) is 2.04. The molecule has 0 heterocycles. The molecule has 0 N–H and O–H groups in total. The van der Waals surface area contributed by atoms with Crippen molar-refractivity contribution in [1.82, 2.24) is 0 Å². The van der Waals surface area contributed by atoms with Crippen LogP contribution in [0.4, 0.5) is 0 Å². The van der Waals surface area contributed by atoms with Crippen molar-refractivity contribution in [3.8, 4) is 0 Å². The summed E-state index contributed by atoms with van der Waals surface area (Å²) in [6.45, 7) is 0. The molecule has 2 saturated carbocycles. The van der Waals surface area contributed by atoms with E-state index in [0.717, 1.165) is 6.42 Å². The van der Waals surface area contributed by atoms with Gasteiger partial charge in [0.25, 0.3) is 0 Å². The zero-order chi connectivity index (χ0) is 12.3. The molecule has 2 fully saturated rings. The maximum Gasteiger partial charge on any atom is 0.144 e. The van der Waals surface area contributed by atoms with E-state index < -0.39 is 0 Å². The van der Waals surface area contributed by atoms with E-state index in [1.807, 2.05) is 0 Å². The van der Waals surface area contributed by atoms with Crippen LogP contribution in [0.3, 0.4) is 0 Å². The highest BCUT2D eigenvalue weighted by Gasteiger charge is 2.61. The second kappa shape index (κ2) is 3.43. The zero-order valence-corrected chi connectivity index (χ0v) is 10.5. The molecule has 0 amide bonds. The summed E-state index contributed by atoms with van der Waals surface area (Å²) in [5, 5.41) is 0. The Balaban J connectivity index is 1.87. The van der Waals surface area contributed by atoms with E-state index in [4.69, 9.17) is 0 Å². The first kappa shape index (κ1) is 10.7. The lowest BCUT2D eigenvalue weighted by Crippen LogP contribution is -2.44. The number of carbonyl (C=O) groups is 2. The van der Waals surface area contributed by atoms with E-state index in [0.29, 0.717) is 18.8 Å². The smallest absolute Gasteiger partial charge is 0.144 e. The van der Waals surface area contributed by atoms with Gasteiger partial charge in [-0.2, -0.15) is 0 Å². The van der Waals surface area contributed by atoms with Crippen LogP contribution in [0.25, 0.3) is 0 Å². The van der Waals surface area contributed by atoms with Crippen LogP contribution in [0.15, 0.2) is 23.8 Å². The van der Waals surface area contributed by atoms with Crippen molar-refractivity contribution in [1.29, 1.82) is 0 Å². The monoisotopic (exact) mass is 242 g/mol. The Bertz CT molecular complexity index is 499. The van der Waals surface area contributed by atoms with Crippen LogP contribution in [0.2, 0.25) is 0 Å². The molecule has 0 aliphatic heterocycles. The summed E-state index contributed by atoms with van der Waals surface area (Å²) in [5.74, 6) is 0.887. The van der Waals surface area contributed by atoms with Crippen molar-refractivity contribution < 1.29 is 9.59 Å². The van der Waals surface area contributed by atoms with Crippen molar-refractivity contribution >= 4 is 11.6 Å². The van der Waals surface area contributed by atoms with Gasteiger partial charge in [-0.25, -0.2) is 0 Å². The molecule has 2 nitrogen and oxygen atoms in total. The van der Waals surface area contributed by atoms with Gasteiger partial charge in [0.1, 0.15) is 11.6 Å². The predicted molar refractivity (Wildman–Crippen MR) is 67.8 cm³/mol. The van der Waals surface area contributed by atoms with E-state index in [1.54, 1.807) is 0 Å². The second-order valence-electron chi connectivity index (χ2n) is 6.39. The largest absolute Gasteiger partial charge is 0.299 e. The van der Waals surface area contributed by atoms with Gasteiger partial charge in [-0.05, 0) is 42.6 Å². The van der Waals surface area contributed by atoms with Crippen LogP contribution in [0, 0.1) is 23.2 Å². The van der Waals surface area contributed by atoms with Crippen molar-refractivity contribution in [2.24, 2.45) is 23.2 Å². The summed E-state index contributed by atoms with van der Waals surface area (Å²) in [5.41, 5.74) is 1.55. The lowest BCUT2D eigenvalue weighted by Gasteiger charge is -2.48. The summed E-state index contributed by atoms with van der Waals surface area (Å²) in [6.07, 6.45) is 12.6. The molecule has 4 aliphatic rings. The maximum atomic E-state index is 12.2. The first-order chi connectivity index (χ1) is 8.72. The van der Waals surface area contributed by atoms with E-state index in [2.05, 4.69) is 18.2 Å². The minimum atomic E-state index is -0.293. The third-order valence-electron chi connectivity index (χ3n) is 5.73. The Labute approximate surface area is 107 Å². The van der Waals surface area contributed by atoms with Crippen LogP contribution >= 0.6 is 0 Å². The van der Waals surface area contributed by atoms with Gasteiger partial charge in [-0.15, -0.1) is 0 Å². The SMILES string of the molecule is O=C1CCC23CC(=O)C1C2C=CC1=CCCCC13. The molecule has 0 aromatic heterocycles. The number of carbonyl (C=O) groups excluding carboxylic acids is 2. The van der Waals surface area contributed by atoms with Crippen molar-refractivity contribution in [3.05, 3.63) is 23.8 Å². The van der Waals surface area contributed by atoms with Crippen LogP contribution < -0.4 is 0 Å². The van der Waals surface area contributed by atoms with Crippen molar-refractivity contribution in [3.63, 3.8) is 0 Å². The first-order valence-electron chi connectivity index (χ1n) is 7.16. The van der Waals surface area contributed by atoms with E-state index in [-0.39, 0.29) is 28.8 Å². The van der Waals surface area contributed by atoms with Crippen molar-refractivity contribution in [2.45, 2.75) is 38.5 Å². The summed E-state index contributed by atoms with van der Waals surface area (Å²) >= 11 is 0. The molecule has 0 spiro atoms. The number of rotatable bonds is 0. The summed E-state index contributed by atoms with van der Waals surface area (Å²) in [6, 6.07) is 0. The molecular weight excluding hydrogens is 224 g/mol. The fourth-order valence-electron chi connectivity index (χ4n) is 4.98. The molecule has 0 saturated heterocycles. The van der Waals surface area contributed by atoms with E-state index >= 15 is 0 Å². The molecule has 4 unspecified atom stereocenters. The molecule has 94 valence electrons. The van der Waals surface area contributed by atoms with Crippen LogP contribution in [0.5, 0.6) is 0 Å². The van der Waals surface area contributed by atoms with Crippen LogP contribution in [-0.4, -0.2) is 11.6 Å². The molecule has 2 heteroatoms. The van der Waals surface area contributed by atoms with Crippen LogP contribution in [-0.2, 0) is 9.59 Å². The van der Waals surface area contributed by atoms with Gasteiger partial charge < -0.3 is 0 Å². The number of Topliss-reactive ketones (excluding diaryl/α,β-unsaturated/α-hetero) is 2. The highest BCUT2D eigenvalue weighted by Crippen LogP contribution is 2.62. The quantitative estimate of drug-likeness (QED) is 0.612. The highest BCUT2D eigenvalue weighted by molar-refractivity contribution is 6.06. The topological polar surface area (TPSA) is 34.1 Å². The number of ketones is 2. The third-order valence-corrected chi connectivity index (χ3v) is 5.73. The van der Waals surface area contributed by atoms with Gasteiger partial charge in [0.2, 0.25) is 0 Å². The number of allylic oxidation sites excluding steroid dienone is 4. The lowest BCUT2D eigenvalue weighted by atomic mass is 9.54. The summed E-state index contributed by atoms with van der Waals surface area (Å²) in [4.78, 5) is 24.2. The van der Waals surface area contributed by atoms with Gasteiger partial charge in [0.15, 0.2) is 0 Å². The fraction of sp³-hybridized carbons (Fsp3) is 0.625. The molecular formula is C16H18O2. The highest BCUT2D eigenvalue weighted by atomic mass is 16.2. The average molecular weight is 242 g/mol. The molecule has 4 aliphatic carbocycles. The molecule has 18 heavy (non-hydrogen) atoms. The Hall–Kier alpha value is -1.18. The standard InChI is InChI=1S/C16H18O2/c17-13-7-8-16-9-14(18)15(13)12(16)6-5-10-3-1-2-4-11(10)16/h3,5-6,11-12,15H,1-2,4,7-9H2. The first-order valence-corrected chi connectivity index (χ1v) is 7.16. The lowest BCUT2D eigenvalue weighted by molar-refractivity contribution is -0.133. The Morgan fingerprint density at radius 2 is 2.11 bits per heavy atom. The Morgan fingerprint density at radius 1 is 1.22 bits per heavy atom. The number of fused-ring (bicyclic) bond motifs is 1. The fourth-order valence-corrected chi connectivity index (χ4v) is 4.98. The molecule has 2 bridgehead atoms. The molecule has 4 atom stereocenters. The number of hydrogen-bond acceptors (Lipinski definition) is 2. The van der Waals surface area contributed by atoms with Gasteiger partial charge in [-0.3, -0.25) is 9.59 Å². The maximum absolute atomic E-state index is 12.2. The minimum absolute atomic E-state index is 0.108. The summed E-state index contributed by atoms with van der Waals surface area (Å²) in [7, 11) is 0. The Morgan fingerprint density at radius 3 is 3.00 bits per heavy atom. The van der Waals surface area contributed by atoms with Crippen molar-refractivity contribution in [2.75, 3.05) is 0 Å². The van der Waals surface area contributed by atoms with Gasteiger partial charge in [0, 0.05) is 18.8 Å². The molecule has 4 rings (SSSR count). The average Bonchev–Trinajstić information content (AvgIpc) is 2.62.